The Kier molecular flexibility index (Phi) is 7.59. The van der Waals surface area contributed by atoms with Gasteiger partial charge in [0.2, 0.25) is 0 Å². The number of benzene rings is 3. The van der Waals surface area contributed by atoms with E-state index in [4.69, 9.17) is 5.41 Å². The SMILES string of the molecule is Cc1c(Cc2c(F)cccc2C(F)(F)F)c2n(c(=O)c1-c1cccc(C(C)(F)F)c1F)C(C(=N)c1ccccc1)CS2. The smallest absolute Gasteiger partial charge is 0.302 e. The van der Waals surface area contributed by atoms with Gasteiger partial charge in [-0.2, -0.15) is 13.2 Å². The molecule has 11 heteroatoms. The highest BCUT2D eigenvalue weighted by Crippen LogP contribution is 2.43. The van der Waals surface area contributed by atoms with E-state index in [1.807, 2.05) is 0 Å². The molecule has 3 nitrogen and oxygen atoms in total. The minimum atomic E-state index is -4.89. The summed E-state index contributed by atoms with van der Waals surface area (Å²) in [6, 6.07) is 13.3. The van der Waals surface area contributed by atoms with E-state index in [0.717, 1.165) is 42.1 Å². The molecule has 0 amide bonds. The average Bonchev–Trinajstić information content (AvgIpc) is 3.37. The molecule has 0 aliphatic carbocycles. The summed E-state index contributed by atoms with van der Waals surface area (Å²) in [7, 11) is 0. The minimum absolute atomic E-state index is 0.0286. The van der Waals surface area contributed by atoms with Gasteiger partial charge in [-0.3, -0.25) is 9.36 Å². The second-order valence-electron chi connectivity index (χ2n) is 10.1. The maximum atomic E-state index is 15.6. The molecule has 218 valence electrons. The number of thioether (sulfide) groups is 1. The summed E-state index contributed by atoms with van der Waals surface area (Å²) in [6.45, 7) is 1.89. The van der Waals surface area contributed by atoms with E-state index in [-0.39, 0.29) is 33.2 Å². The number of nitrogens with zero attached hydrogens (tertiary/aromatic N) is 1. The Labute approximate surface area is 240 Å². The molecular formula is C31H23F7N2OS. The van der Waals surface area contributed by atoms with E-state index in [9.17, 15) is 31.1 Å². The van der Waals surface area contributed by atoms with Crippen LogP contribution in [0.2, 0.25) is 0 Å². The van der Waals surface area contributed by atoms with Crippen molar-refractivity contribution in [3.05, 3.63) is 122 Å². The Hall–Kier alpha value is -3.86. The average molecular weight is 605 g/mol. The van der Waals surface area contributed by atoms with Crippen LogP contribution in [0.1, 0.15) is 46.3 Å². The van der Waals surface area contributed by atoms with Crippen LogP contribution >= 0.6 is 11.8 Å². The highest BCUT2D eigenvalue weighted by atomic mass is 32.2. The molecule has 5 rings (SSSR count). The van der Waals surface area contributed by atoms with E-state index < -0.39 is 64.0 Å². The van der Waals surface area contributed by atoms with E-state index in [0.29, 0.717) is 12.5 Å². The molecule has 0 fully saturated rings. The molecule has 0 saturated heterocycles. The molecule has 1 atom stereocenters. The van der Waals surface area contributed by atoms with Crippen molar-refractivity contribution >= 4 is 17.5 Å². The minimum Gasteiger partial charge on any atom is -0.302 e. The van der Waals surface area contributed by atoms with Gasteiger partial charge >= 0.3 is 6.18 Å². The predicted molar refractivity (Wildman–Crippen MR) is 148 cm³/mol. The second-order valence-corrected chi connectivity index (χ2v) is 11.1. The first-order chi connectivity index (χ1) is 19.7. The van der Waals surface area contributed by atoms with Crippen molar-refractivity contribution in [3.8, 4) is 11.1 Å². The van der Waals surface area contributed by atoms with Crippen LogP contribution in [0.5, 0.6) is 0 Å². The number of pyridine rings is 1. The van der Waals surface area contributed by atoms with E-state index in [2.05, 4.69) is 0 Å². The highest BCUT2D eigenvalue weighted by molar-refractivity contribution is 7.99. The first kappa shape index (κ1) is 29.6. The molecule has 1 aromatic heterocycles. The Bertz CT molecular complexity index is 1760. The van der Waals surface area contributed by atoms with Gasteiger partial charge in [-0.25, -0.2) is 17.6 Å². The fourth-order valence-electron chi connectivity index (χ4n) is 5.29. The number of hydrogen-bond acceptors (Lipinski definition) is 3. The predicted octanol–water partition coefficient (Wildman–Crippen LogP) is 8.54. The van der Waals surface area contributed by atoms with Crippen molar-refractivity contribution in [2.45, 2.75) is 43.4 Å². The summed E-state index contributed by atoms with van der Waals surface area (Å²) in [6.07, 6.45) is -5.50. The first-order valence-corrected chi connectivity index (χ1v) is 13.8. The molecule has 1 aliphatic rings. The summed E-state index contributed by atoms with van der Waals surface area (Å²) in [5.74, 6) is -5.91. The number of nitrogens with one attached hydrogen (secondary N) is 1. The number of rotatable bonds is 6. The highest BCUT2D eigenvalue weighted by Gasteiger charge is 2.38. The van der Waals surface area contributed by atoms with Crippen molar-refractivity contribution in [1.82, 2.24) is 4.57 Å². The summed E-state index contributed by atoms with van der Waals surface area (Å²) in [4.78, 5) is 14.1. The zero-order chi connectivity index (χ0) is 30.6. The molecule has 42 heavy (non-hydrogen) atoms. The number of alkyl halides is 5. The molecule has 0 radical (unpaired) electrons. The molecule has 2 heterocycles. The summed E-state index contributed by atoms with van der Waals surface area (Å²) >= 11 is 1.11. The number of halogens is 7. The Balaban J connectivity index is 1.81. The van der Waals surface area contributed by atoms with E-state index in [1.54, 1.807) is 30.3 Å². The molecular weight excluding hydrogens is 581 g/mol. The summed E-state index contributed by atoms with van der Waals surface area (Å²) < 4.78 is 102. The van der Waals surface area contributed by atoms with Crippen molar-refractivity contribution in [2.75, 3.05) is 5.75 Å². The van der Waals surface area contributed by atoms with Gasteiger partial charge in [-0.15, -0.1) is 11.8 Å². The van der Waals surface area contributed by atoms with Crippen molar-refractivity contribution in [1.29, 1.82) is 5.41 Å². The van der Waals surface area contributed by atoms with Crippen molar-refractivity contribution in [3.63, 3.8) is 0 Å². The second kappa shape index (κ2) is 10.8. The van der Waals surface area contributed by atoms with Gasteiger partial charge in [0.1, 0.15) is 11.6 Å². The van der Waals surface area contributed by atoms with Gasteiger partial charge in [0.25, 0.3) is 11.5 Å². The maximum Gasteiger partial charge on any atom is 0.416 e. The van der Waals surface area contributed by atoms with Gasteiger partial charge in [0.05, 0.1) is 33.5 Å². The van der Waals surface area contributed by atoms with Crippen LogP contribution in [0.15, 0.2) is 76.6 Å². The molecule has 4 aromatic rings. The fourth-order valence-corrected chi connectivity index (χ4v) is 6.67. The molecule has 1 aliphatic heterocycles. The van der Waals surface area contributed by atoms with Crippen LogP contribution in [0, 0.1) is 24.0 Å². The number of fused-ring (bicyclic) bond motifs is 1. The van der Waals surface area contributed by atoms with Crippen molar-refractivity contribution in [2.24, 2.45) is 0 Å². The Morgan fingerprint density at radius 1 is 0.929 bits per heavy atom. The lowest BCUT2D eigenvalue weighted by Crippen LogP contribution is -2.32. The quantitative estimate of drug-likeness (QED) is 0.177. The molecule has 1 N–H and O–H groups in total. The zero-order valence-electron chi connectivity index (χ0n) is 22.3. The normalized spacial score (nSPS) is 15.1. The lowest BCUT2D eigenvalue weighted by Gasteiger charge is -2.23. The van der Waals surface area contributed by atoms with E-state index >= 15 is 4.39 Å². The lowest BCUT2D eigenvalue weighted by atomic mass is 9.91. The molecule has 0 saturated carbocycles. The number of aromatic nitrogens is 1. The summed E-state index contributed by atoms with van der Waals surface area (Å²) in [5.41, 5.74) is -3.75. The van der Waals surface area contributed by atoms with Crippen molar-refractivity contribution < 1.29 is 30.7 Å². The largest absolute Gasteiger partial charge is 0.416 e. The van der Waals surface area contributed by atoms with Gasteiger partial charge in [-0.05, 0) is 35.7 Å². The monoisotopic (exact) mass is 604 g/mol. The van der Waals surface area contributed by atoms with Gasteiger partial charge < -0.3 is 5.41 Å². The summed E-state index contributed by atoms with van der Waals surface area (Å²) in [5, 5.41) is 9.04. The topological polar surface area (TPSA) is 45.9 Å². The first-order valence-electron chi connectivity index (χ1n) is 12.8. The van der Waals surface area contributed by atoms with Gasteiger partial charge in [-0.1, -0.05) is 54.6 Å². The lowest BCUT2D eigenvalue weighted by molar-refractivity contribution is -0.138. The van der Waals surface area contributed by atoms with Crippen LogP contribution in [0.4, 0.5) is 30.7 Å². The molecule has 3 aromatic carbocycles. The molecule has 0 spiro atoms. The van der Waals surface area contributed by atoms with Crippen LogP contribution < -0.4 is 5.56 Å². The Morgan fingerprint density at radius 3 is 2.21 bits per heavy atom. The van der Waals surface area contributed by atoms with Crippen LogP contribution in [-0.4, -0.2) is 16.0 Å². The molecule has 1 unspecified atom stereocenters. The van der Waals surface area contributed by atoms with Crippen LogP contribution in [0.3, 0.4) is 0 Å². The Morgan fingerprint density at radius 2 is 1.57 bits per heavy atom. The standard InChI is InChI=1S/C31H23F7N2OS/c1-16-19(14-20-21(31(36,37)38)11-7-13-23(20)32)29-40(24(15-42-29)27(39)17-8-4-3-5-9-17)28(41)25(16)18-10-6-12-22(26(18)33)30(2,34)35/h3-13,24,39H,14-15H2,1-2H3. The number of hydrogen-bond donors (Lipinski definition) is 1. The van der Waals surface area contributed by atoms with Gasteiger partial charge in [0, 0.05) is 30.2 Å². The van der Waals surface area contributed by atoms with Crippen LogP contribution in [0.25, 0.3) is 11.1 Å². The van der Waals surface area contributed by atoms with Gasteiger partial charge in [0.15, 0.2) is 0 Å². The third-order valence-electron chi connectivity index (χ3n) is 7.36. The fraction of sp³-hybridized carbons (Fsp3) is 0.226. The van der Waals surface area contributed by atoms with Crippen LogP contribution in [-0.2, 0) is 18.5 Å². The third-order valence-corrected chi connectivity index (χ3v) is 8.56. The zero-order valence-corrected chi connectivity index (χ0v) is 23.1. The third kappa shape index (κ3) is 5.14. The maximum absolute atomic E-state index is 15.6. The molecule has 0 bridgehead atoms. The van der Waals surface area contributed by atoms with E-state index in [1.165, 1.54) is 17.6 Å².